The number of piperazine rings is 1. The zero-order chi connectivity index (χ0) is 17.5. The molecule has 1 atom stereocenters. The normalized spacial score (nSPS) is 18.0. The molecular formula is C18H18N8. The van der Waals surface area contributed by atoms with Gasteiger partial charge in [0.1, 0.15) is 24.3 Å². The zero-order valence-corrected chi connectivity index (χ0v) is 14.4. The van der Waals surface area contributed by atoms with Gasteiger partial charge in [-0.15, -0.1) is 15.3 Å². The highest BCUT2D eigenvalue weighted by molar-refractivity contribution is 5.89. The first kappa shape index (κ1) is 15.0. The lowest BCUT2D eigenvalue weighted by Gasteiger charge is -2.41. The smallest absolute Gasteiger partial charge is 0.177 e. The van der Waals surface area contributed by atoms with E-state index in [2.05, 4.69) is 48.1 Å². The average Bonchev–Trinajstić information content (AvgIpc) is 3.15. The third-order valence-corrected chi connectivity index (χ3v) is 4.89. The van der Waals surface area contributed by atoms with Gasteiger partial charge in [0.25, 0.3) is 0 Å². The minimum atomic E-state index is 0.305. The van der Waals surface area contributed by atoms with E-state index < -0.39 is 0 Å². The Kier molecular flexibility index (Phi) is 3.41. The van der Waals surface area contributed by atoms with Crippen molar-refractivity contribution in [3.8, 4) is 0 Å². The number of anilines is 2. The lowest BCUT2D eigenvalue weighted by Crippen LogP contribution is -2.52. The first-order valence-electron chi connectivity index (χ1n) is 8.68. The molecule has 1 saturated heterocycles. The predicted molar refractivity (Wildman–Crippen MR) is 99.3 cm³/mol. The summed E-state index contributed by atoms with van der Waals surface area (Å²) in [5.74, 6) is 1.95. The van der Waals surface area contributed by atoms with E-state index in [0.29, 0.717) is 6.04 Å². The van der Waals surface area contributed by atoms with Gasteiger partial charge in [-0.25, -0.2) is 9.97 Å². The molecule has 0 amide bonds. The lowest BCUT2D eigenvalue weighted by molar-refractivity contribution is 0.540. The summed E-state index contributed by atoms with van der Waals surface area (Å²) in [7, 11) is 0. The molecule has 1 aliphatic heterocycles. The number of fused-ring (bicyclic) bond motifs is 2. The summed E-state index contributed by atoms with van der Waals surface area (Å²) in [5, 5.41) is 13.6. The Bertz CT molecular complexity index is 1070. The van der Waals surface area contributed by atoms with E-state index in [0.717, 1.165) is 47.8 Å². The van der Waals surface area contributed by atoms with Crippen molar-refractivity contribution < 1.29 is 0 Å². The summed E-state index contributed by atoms with van der Waals surface area (Å²) >= 11 is 0. The van der Waals surface area contributed by atoms with Crippen LogP contribution in [0, 0.1) is 0 Å². The number of benzene rings is 1. The van der Waals surface area contributed by atoms with Gasteiger partial charge >= 0.3 is 0 Å². The monoisotopic (exact) mass is 346 g/mol. The molecule has 26 heavy (non-hydrogen) atoms. The van der Waals surface area contributed by atoms with Crippen molar-refractivity contribution in [3.63, 3.8) is 0 Å². The van der Waals surface area contributed by atoms with Crippen molar-refractivity contribution in [3.05, 3.63) is 49.1 Å². The van der Waals surface area contributed by atoms with E-state index in [9.17, 15) is 0 Å². The highest BCUT2D eigenvalue weighted by Gasteiger charge is 2.26. The molecule has 0 spiro atoms. The van der Waals surface area contributed by atoms with E-state index in [1.54, 1.807) is 17.2 Å². The number of rotatable bonds is 2. The van der Waals surface area contributed by atoms with Crippen LogP contribution in [0.5, 0.6) is 0 Å². The first-order valence-corrected chi connectivity index (χ1v) is 8.68. The van der Waals surface area contributed by atoms with Crippen LogP contribution < -0.4 is 9.80 Å². The van der Waals surface area contributed by atoms with Crippen LogP contribution in [0.2, 0.25) is 0 Å². The highest BCUT2D eigenvalue weighted by Crippen LogP contribution is 2.26. The van der Waals surface area contributed by atoms with Gasteiger partial charge in [0, 0.05) is 31.1 Å². The number of hydrogen-bond acceptors (Lipinski definition) is 7. The van der Waals surface area contributed by atoms with Gasteiger partial charge in [0.2, 0.25) is 0 Å². The van der Waals surface area contributed by atoms with E-state index in [1.807, 2.05) is 30.3 Å². The molecule has 4 aromatic rings. The highest BCUT2D eigenvalue weighted by atomic mass is 15.4. The van der Waals surface area contributed by atoms with Crippen molar-refractivity contribution in [2.75, 3.05) is 29.4 Å². The number of aromatic nitrogens is 6. The number of para-hydroxylation sites is 1. The van der Waals surface area contributed by atoms with Gasteiger partial charge in [-0.2, -0.15) is 4.52 Å². The van der Waals surface area contributed by atoms with Gasteiger partial charge in [0.15, 0.2) is 5.65 Å². The van der Waals surface area contributed by atoms with E-state index in [4.69, 9.17) is 0 Å². The van der Waals surface area contributed by atoms with Crippen molar-refractivity contribution >= 4 is 28.2 Å². The number of nitrogens with zero attached hydrogens (tertiary/aromatic N) is 8. The topological polar surface area (TPSA) is 75.3 Å². The summed E-state index contributed by atoms with van der Waals surface area (Å²) in [5.41, 5.74) is 1.74. The second-order valence-electron chi connectivity index (χ2n) is 6.53. The summed E-state index contributed by atoms with van der Waals surface area (Å²) in [6, 6.07) is 12.4. The quantitative estimate of drug-likeness (QED) is 0.548. The van der Waals surface area contributed by atoms with Gasteiger partial charge < -0.3 is 9.80 Å². The molecule has 8 nitrogen and oxygen atoms in total. The van der Waals surface area contributed by atoms with E-state index >= 15 is 0 Å². The zero-order valence-electron chi connectivity index (χ0n) is 14.4. The SMILES string of the molecule is CC1CN(c2ncnc3ccccc23)CCN1c1ccc2nncn2n1. The van der Waals surface area contributed by atoms with Crippen molar-refractivity contribution in [2.45, 2.75) is 13.0 Å². The van der Waals surface area contributed by atoms with Crippen LogP contribution in [0.4, 0.5) is 11.6 Å². The van der Waals surface area contributed by atoms with Gasteiger partial charge in [-0.05, 0) is 31.2 Å². The molecule has 1 unspecified atom stereocenters. The van der Waals surface area contributed by atoms with Crippen LogP contribution in [-0.4, -0.2) is 55.5 Å². The van der Waals surface area contributed by atoms with Crippen molar-refractivity contribution in [1.82, 2.24) is 29.8 Å². The van der Waals surface area contributed by atoms with Crippen molar-refractivity contribution in [1.29, 1.82) is 0 Å². The van der Waals surface area contributed by atoms with Gasteiger partial charge in [-0.1, -0.05) is 12.1 Å². The molecule has 1 fully saturated rings. The molecule has 0 aliphatic carbocycles. The lowest BCUT2D eigenvalue weighted by atomic mass is 10.1. The van der Waals surface area contributed by atoms with Crippen LogP contribution in [-0.2, 0) is 0 Å². The number of hydrogen-bond donors (Lipinski definition) is 0. The summed E-state index contributed by atoms with van der Waals surface area (Å²) in [6.07, 6.45) is 3.28. The fourth-order valence-electron chi connectivity index (χ4n) is 3.60. The fourth-order valence-corrected chi connectivity index (χ4v) is 3.60. The first-order chi connectivity index (χ1) is 12.8. The molecule has 3 aromatic heterocycles. The molecule has 0 N–H and O–H groups in total. The Labute approximate surface area is 150 Å². The predicted octanol–water partition coefficient (Wildman–Crippen LogP) is 1.78. The Balaban J connectivity index is 1.43. The average molecular weight is 346 g/mol. The molecule has 4 heterocycles. The Hall–Kier alpha value is -3.29. The summed E-state index contributed by atoms with van der Waals surface area (Å²) < 4.78 is 1.71. The maximum absolute atomic E-state index is 4.63. The second-order valence-corrected chi connectivity index (χ2v) is 6.53. The molecule has 130 valence electrons. The molecule has 0 radical (unpaired) electrons. The molecule has 0 saturated carbocycles. The fraction of sp³-hybridized carbons (Fsp3) is 0.278. The third-order valence-electron chi connectivity index (χ3n) is 4.89. The third kappa shape index (κ3) is 2.42. The maximum atomic E-state index is 4.63. The van der Waals surface area contributed by atoms with Crippen LogP contribution in [0.3, 0.4) is 0 Å². The molecule has 0 bridgehead atoms. The second kappa shape index (κ2) is 5.91. The van der Waals surface area contributed by atoms with Crippen LogP contribution in [0.15, 0.2) is 49.1 Å². The van der Waals surface area contributed by atoms with Gasteiger partial charge in [0.05, 0.1) is 5.52 Å². The minimum absolute atomic E-state index is 0.305. The molecule has 5 rings (SSSR count). The Morgan fingerprint density at radius 3 is 2.88 bits per heavy atom. The van der Waals surface area contributed by atoms with Gasteiger partial charge in [-0.3, -0.25) is 0 Å². The van der Waals surface area contributed by atoms with E-state index in [1.165, 1.54) is 0 Å². The summed E-state index contributed by atoms with van der Waals surface area (Å²) in [4.78, 5) is 13.6. The minimum Gasteiger partial charge on any atom is -0.352 e. The standard InChI is InChI=1S/C18H18N8/c1-13-10-24(18-14-4-2-3-5-15(14)19-11-20-18)8-9-25(13)17-7-6-16-22-21-12-26(16)23-17/h2-7,11-13H,8-10H2,1H3. The maximum Gasteiger partial charge on any atom is 0.177 e. The van der Waals surface area contributed by atoms with Crippen LogP contribution in [0.1, 0.15) is 6.92 Å². The molecule has 1 aromatic carbocycles. The Morgan fingerprint density at radius 1 is 1.04 bits per heavy atom. The molecular weight excluding hydrogens is 328 g/mol. The Morgan fingerprint density at radius 2 is 1.96 bits per heavy atom. The molecule has 8 heteroatoms. The van der Waals surface area contributed by atoms with Crippen LogP contribution >= 0.6 is 0 Å². The van der Waals surface area contributed by atoms with Crippen LogP contribution in [0.25, 0.3) is 16.6 Å². The van der Waals surface area contributed by atoms with Crippen molar-refractivity contribution in [2.24, 2.45) is 0 Å². The summed E-state index contributed by atoms with van der Waals surface area (Å²) in [6.45, 7) is 4.85. The molecule has 1 aliphatic rings. The largest absolute Gasteiger partial charge is 0.352 e. The van der Waals surface area contributed by atoms with E-state index in [-0.39, 0.29) is 0 Å².